The largest absolute Gasteiger partial charge is 0.322 e. The van der Waals surface area contributed by atoms with Crippen LogP contribution in [0.25, 0.3) is 0 Å². The molecule has 0 fully saturated rings. The molecule has 22 heavy (non-hydrogen) atoms. The highest BCUT2D eigenvalue weighted by atomic mass is 79.9. The van der Waals surface area contributed by atoms with Crippen molar-refractivity contribution in [1.29, 1.82) is 0 Å². The second-order valence-corrected chi connectivity index (χ2v) is 5.66. The molecule has 0 bridgehead atoms. The summed E-state index contributed by atoms with van der Waals surface area (Å²) in [6.07, 6.45) is -2.71. The van der Waals surface area contributed by atoms with Crippen LogP contribution in [0.1, 0.15) is 30.8 Å². The highest BCUT2D eigenvalue weighted by Crippen LogP contribution is 2.23. The van der Waals surface area contributed by atoms with E-state index < -0.39 is 29.9 Å². The average Bonchev–Trinajstić information content (AvgIpc) is 2.83. The van der Waals surface area contributed by atoms with Gasteiger partial charge in [0.15, 0.2) is 0 Å². The zero-order chi connectivity index (χ0) is 16.4. The number of halogens is 4. The van der Waals surface area contributed by atoms with Crippen molar-refractivity contribution in [2.24, 2.45) is 0 Å². The zero-order valence-electron chi connectivity index (χ0n) is 11.8. The number of aromatic nitrogens is 2. The van der Waals surface area contributed by atoms with Crippen LogP contribution >= 0.6 is 15.9 Å². The highest BCUT2D eigenvalue weighted by molar-refractivity contribution is 9.10. The fraction of sp³-hybridized carbons (Fsp3) is 0.286. The first-order valence-electron chi connectivity index (χ1n) is 6.39. The Balaban J connectivity index is 2.18. The number of aryl methyl sites for hydroxylation is 1. The maximum absolute atomic E-state index is 13.7. The Kier molecular flexibility index (Phi) is 4.90. The molecule has 1 atom stereocenters. The molecule has 1 heterocycles. The topological polar surface area (TPSA) is 46.9 Å². The summed E-state index contributed by atoms with van der Waals surface area (Å²) in [5, 5.41) is 6.13. The Morgan fingerprint density at radius 3 is 2.59 bits per heavy atom. The molecule has 0 spiro atoms. The van der Waals surface area contributed by atoms with Crippen LogP contribution in [0, 0.1) is 12.7 Å². The van der Waals surface area contributed by atoms with Crippen molar-refractivity contribution in [2.45, 2.75) is 26.3 Å². The van der Waals surface area contributed by atoms with Gasteiger partial charge in [0.1, 0.15) is 17.6 Å². The predicted octanol–water partition coefficient (Wildman–Crippen LogP) is 4.23. The first-order valence-corrected chi connectivity index (χ1v) is 7.19. The number of hydrogen-bond acceptors (Lipinski definition) is 2. The van der Waals surface area contributed by atoms with E-state index in [0.29, 0.717) is 10.2 Å². The number of nitrogens with one attached hydrogen (secondary N) is 1. The van der Waals surface area contributed by atoms with Crippen molar-refractivity contribution in [3.63, 3.8) is 0 Å². The van der Waals surface area contributed by atoms with Crippen molar-refractivity contribution in [2.75, 3.05) is 5.32 Å². The Hall–Kier alpha value is -1.83. The molecule has 8 heteroatoms. The van der Waals surface area contributed by atoms with E-state index in [1.165, 1.54) is 29.8 Å². The van der Waals surface area contributed by atoms with Gasteiger partial charge in [0.25, 0.3) is 6.43 Å². The van der Waals surface area contributed by atoms with E-state index in [0.717, 1.165) is 0 Å². The number of carbonyl (C=O) groups excluding carboxylic acids is 1. The zero-order valence-corrected chi connectivity index (χ0v) is 13.4. The molecule has 0 saturated carbocycles. The lowest BCUT2D eigenvalue weighted by molar-refractivity contribution is -0.119. The van der Waals surface area contributed by atoms with E-state index in [2.05, 4.69) is 26.3 Å². The summed E-state index contributed by atoms with van der Waals surface area (Å²) in [4.78, 5) is 12.1. The molecule has 1 N–H and O–H groups in total. The van der Waals surface area contributed by atoms with Crippen LogP contribution in [-0.2, 0) is 4.79 Å². The standard InChI is InChI=1S/C14H13BrF3N3O/c1-7-5-12(13(17)18)20-21(7)8(2)14(22)19-11-4-3-9(15)6-10(11)16/h3-6,8,13H,1-2H3,(H,19,22). The lowest BCUT2D eigenvalue weighted by atomic mass is 10.2. The van der Waals surface area contributed by atoms with Gasteiger partial charge < -0.3 is 5.32 Å². The van der Waals surface area contributed by atoms with Crippen LogP contribution < -0.4 is 5.32 Å². The number of hydrogen-bond donors (Lipinski definition) is 1. The summed E-state index contributed by atoms with van der Waals surface area (Å²) in [5.41, 5.74) is 0.0418. The third-order valence-electron chi connectivity index (χ3n) is 3.10. The monoisotopic (exact) mass is 375 g/mol. The van der Waals surface area contributed by atoms with Crippen LogP contribution in [0.4, 0.5) is 18.9 Å². The van der Waals surface area contributed by atoms with Crippen molar-refractivity contribution < 1.29 is 18.0 Å². The number of alkyl halides is 2. The number of benzene rings is 1. The van der Waals surface area contributed by atoms with Crippen molar-refractivity contribution in [3.8, 4) is 0 Å². The maximum atomic E-state index is 13.7. The normalized spacial score (nSPS) is 12.5. The van der Waals surface area contributed by atoms with Gasteiger partial charge in [0.05, 0.1) is 5.69 Å². The summed E-state index contributed by atoms with van der Waals surface area (Å²) in [6, 6.07) is 4.57. The highest BCUT2D eigenvalue weighted by Gasteiger charge is 2.22. The van der Waals surface area contributed by atoms with E-state index >= 15 is 0 Å². The minimum absolute atomic E-state index is 0.0129. The summed E-state index contributed by atoms with van der Waals surface area (Å²) < 4.78 is 40.7. The number of anilines is 1. The third-order valence-corrected chi connectivity index (χ3v) is 3.59. The second-order valence-electron chi connectivity index (χ2n) is 4.75. The first-order chi connectivity index (χ1) is 10.3. The molecular weight excluding hydrogens is 363 g/mol. The van der Waals surface area contributed by atoms with Gasteiger partial charge in [-0.15, -0.1) is 0 Å². The van der Waals surface area contributed by atoms with Crippen LogP contribution in [0.2, 0.25) is 0 Å². The number of carbonyl (C=O) groups is 1. The van der Waals surface area contributed by atoms with Gasteiger partial charge in [-0.3, -0.25) is 9.48 Å². The fourth-order valence-corrected chi connectivity index (χ4v) is 2.28. The minimum Gasteiger partial charge on any atom is -0.322 e. The molecule has 1 unspecified atom stereocenters. The Bertz CT molecular complexity index is 703. The van der Waals surface area contributed by atoms with E-state index in [9.17, 15) is 18.0 Å². The van der Waals surface area contributed by atoms with Crippen LogP contribution in [0.15, 0.2) is 28.7 Å². The Labute approximate surface area is 133 Å². The SMILES string of the molecule is Cc1cc(C(F)F)nn1C(C)C(=O)Nc1ccc(Br)cc1F. The minimum atomic E-state index is -2.71. The molecule has 2 rings (SSSR count). The summed E-state index contributed by atoms with van der Waals surface area (Å²) >= 11 is 3.12. The summed E-state index contributed by atoms with van der Waals surface area (Å²) in [5.74, 6) is -1.14. The van der Waals surface area contributed by atoms with E-state index in [1.54, 1.807) is 13.0 Å². The molecule has 2 aromatic rings. The molecule has 4 nitrogen and oxygen atoms in total. The molecule has 0 aliphatic heterocycles. The molecule has 1 amide bonds. The van der Waals surface area contributed by atoms with Gasteiger partial charge in [-0.1, -0.05) is 15.9 Å². The fourth-order valence-electron chi connectivity index (χ4n) is 1.95. The van der Waals surface area contributed by atoms with E-state index in [1.807, 2.05) is 0 Å². The van der Waals surface area contributed by atoms with Gasteiger partial charge in [-0.2, -0.15) is 5.10 Å². The van der Waals surface area contributed by atoms with Gasteiger partial charge in [-0.25, -0.2) is 13.2 Å². The molecular formula is C14H13BrF3N3O. The summed E-state index contributed by atoms with van der Waals surface area (Å²) in [6.45, 7) is 3.07. The van der Waals surface area contributed by atoms with E-state index in [4.69, 9.17) is 0 Å². The number of amides is 1. The van der Waals surface area contributed by atoms with Crippen molar-refractivity contribution in [3.05, 3.63) is 45.9 Å². The number of rotatable bonds is 4. The van der Waals surface area contributed by atoms with E-state index in [-0.39, 0.29) is 5.69 Å². The summed E-state index contributed by atoms with van der Waals surface area (Å²) in [7, 11) is 0. The third kappa shape index (κ3) is 3.49. The van der Waals surface area contributed by atoms with Gasteiger partial charge in [0, 0.05) is 10.2 Å². The van der Waals surface area contributed by atoms with Gasteiger partial charge in [-0.05, 0) is 38.1 Å². The smallest absolute Gasteiger partial charge is 0.282 e. The molecule has 0 saturated heterocycles. The van der Waals surface area contributed by atoms with Crippen LogP contribution in [0.5, 0.6) is 0 Å². The molecule has 118 valence electrons. The van der Waals surface area contributed by atoms with Crippen LogP contribution in [0.3, 0.4) is 0 Å². The molecule has 1 aromatic heterocycles. The molecule has 0 aliphatic carbocycles. The predicted molar refractivity (Wildman–Crippen MR) is 79.4 cm³/mol. The average molecular weight is 376 g/mol. The maximum Gasteiger partial charge on any atom is 0.282 e. The Morgan fingerprint density at radius 1 is 1.36 bits per heavy atom. The quantitative estimate of drug-likeness (QED) is 0.868. The van der Waals surface area contributed by atoms with Crippen LogP contribution in [-0.4, -0.2) is 15.7 Å². The molecule has 0 radical (unpaired) electrons. The Morgan fingerprint density at radius 2 is 2.05 bits per heavy atom. The molecule has 1 aromatic carbocycles. The molecule has 0 aliphatic rings. The van der Waals surface area contributed by atoms with Crippen molar-refractivity contribution in [1.82, 2.24) is 9.78 Å². The van der Waals surface area contributed by atoms with Gasteiger partial charge in [0.2, 0.25) is 5.91 Å². The van der Waals surface area contributed by atoms with Gasteiger partial charge >= 0.3 is 0 Å². The first kappa shape index (κ1) is 16.5. The second kappa shape index (κ2) is 6.51. The van der Waals surface area contributed by atoms with Crippen molar-refractivity contribution >= 4 is 27.5 Å². The lowest BCUT2D eigenvalue weighted by Gasteiger charge is -2.15. The lowest BCUT2D eigenvalue weighted by Crippen LogP contribution is -2.25. The number of nitrogens with zero attached hydrogens (tertiary/aromatic N) is 2.